The van der Waals surface area contributed by atoms with E-state index in [1.807, 2.05) is 0 Å². The van der Waals surface area contributed by atoms with Crippen molar-refractivity contribution in [2.24, 2.45) is 0 Å². The lowest BCUT2D eigenvalue weighted by atomic mass is 10.0. The molecular formula is C12H16F2N2. The highest BCUT2D eigenvalue weighted by Gasteiger charge is 2.28. The summed E-state index contributed by atoms with van der Waals surface area (Å²) in [6.07, 6.45) is 0.975. The van der Waals surface area contributed by atoms with Crippen LogP contribution >= 0.6 is 0 Å². The number of halogens is 2. The Morgan fingerprint density at radius 1 is 1.38 bits per heavy atom. The van der Waals surface area contributed by atoms with Crippen LogP contribution in [0.4, 0.5) is 8.78 Å². The minimum atomic E-state index is -0.484. The summed E-state index contributed by atoms with van der Waals surface area (Å²) in [6.45, 7) is 4.08. The van der Waals surface area contributed by atoms with Gasteiger partial charge >= 0.3 is 0 Å². The second-order valence-corrected chi connectivity index (χ2v) is 4.54. The summed E-state index contributed by atoms with van der Waals surface area (Å²) in [5.74, 6) is -0.968. The molecular weight excluding hydrogens is 210 g/mol. The summed E-state index contributed by atoms with van der Waals surface area (Å²) in [4.78, 5) is 0. The lowest BCUT2D eigenvalue weighted by Gasteiger charge is -2.24. The molecule has 1 saturated heterocycles. The van der Waals surface area contributed by atoms with E-state index in [0.717, 1.165) is 19.5 Å². The fourth-order valence-electron chi connectivity index (χ4n) is 1.97. The van der Waals surface area contributed by atoms with Gasteiger partial charge in [0, 0.05) is 24.2 Å². The number of hydrogen-bond acceptors (Lipinski definition) is 2. The molecule has 2 rings (SSSR count). The molecule has 0 amide bonds. The lowest BCUT2D eigenvalue weighted by Crippen LogP contribution is -2.43. The molecule has 0 aromatic heterocycles. The molecule has 0 bridgehead atoms. The highest BCUT2D eigenvalue weighted by molar-refractivity contribution is 5.19. The molecule has 16 heavy (non-hydrogen) atoms. The van der Waals surface area contributed by atoms with E-state index >= 15 is 0 Å². The molecule has 1 unspecified atom stereocenters. The first-order chi connectivity index (χ1) is 7.61. The molecule has 1 aromatic rings. The monoisotopic (exact) mass is 226 g/mol. The fourth-order valence-corrected chi connectivity index (χ4v) is 1.97. The maximum atomic E-state index is 13.4. The van der Waals surface area contributed by atoms with Crippen LogP contribution in [0.2, 0.25) is 0 Å². The van der Waals surface area contributed by atoms with E-state index in [9.17, 15) is 8.78 Å². The normalized spacial score (nSPS) is 24.9. The Bertz CT molecular complexity index is 353. The number of rotatable bonds is 3. The SMILES string of the molecule is CC1(NCc2c(F)cccc2F)CCNC1. The van der Waals surface area contributed by atoms with Gasteiger partial charge in [-0.25, -0.2) is 8.78 Å². The second kappa shape index (κ2) is 4.47. The molecule has 1 heterocycles. The Balaban J connectivity index is 2.04. The van der Waals surface area contributed by atoms with Crippen LogP contribution in [0.5, 0.6) is 0 Å². The first-order valence-corrected chi connectivity index (χ1v) is 5.49. The minimum absolute atomic E-state index is 0.0608. The molecule has 0 spiro atoms. The van der Waals surface area contributed by atoms with Gasteiger partial charge in [0.05, 0.1) is 0 Å². The summed E-state index contributed by atoms with van der Waals surface area (Å²) in [5.41, 5.74) is 0.0602. The lowest BCUT2D eigenvalue weighted by molar-refractivity contribution is 0.376. The van der Waals surface area contributed by atoms with E-state index in [1.54, 1.807) is 0 Å². The van der Waals surface area contributed by atoms with Crippen LogP contribution in [-0.2, 0) is 6.54 Å². The van der Waals surface area contributed by atoms with Crippen molar-refractivity contribution in [3.8, 4) is 0 Å². The summed E-state index contributed by atoms with van der Waals surface area (Å²) < 4.78 is 26.7. The van der Waals surface area contributed by atoms with Gasteiger partial charge in [-0.3, -0.25) is 0 Å². The van der Waals surface area contributed by atoms with Crippen molar-refractivity contribution in [1.29, 1.82) is 0 Å². The molecule has 1 aliphatic heterocycles. The van der Waals surface area contributed by atoms with Gasteiger partial charge < -0.3 is 10.6 Å². The van der Waals surface area contributed by atoms with E-state index in [0.29, 0.717) is 0 Å². The predicted octanol–water partition coefficient (Wildman–Crippen LogP) is 1.81. The van der Waals surface area contributed by atoms with Gasteiger partial charge in [0.2, 0.25) is 0 Å². The first kappa shape index (κ1) is 11.5. The summed E-state index contributed by atoms with van der Waals surface area (Å²) in [7, 11) is 0. The van der Waals surface area contributed by atoms with Gasteiger partial charge in [-0.1, -0.05) is 6.07 Å². The quantitative estimate of drug-likeness (QED) is 0.821. The van der Waals surface area contributed by atoms with Crippen molar-refractivity contribution in [3.63, 3.8) is 0 Å². The Hall–Kier alpha value is -1.00. The number of benzene rings is 1. The van der Waals surface area contributed by atoms with Gasteiger partial charge in [0.15, 0.2) is 0 Å². The highest BCUT2D eigenvalue weighted by atomic mass is 19.1. The summed E-state index contributed by atoms with van der Waals surface area (Å²) in [6, 6.07) is 3.96. The van der Waals surface area contributed by atoms with E-state index in [1.165, 1.54) is 18.2 Å². The molecule has 1 fully saturated rings. The predicted molar refractivity (Wildman–Crippen MR) is 59.1 cm³/mol. The fraction of sp³-hybridized carbons (Fsp3) is 0.500. The third-order valence-corrected chi connectivity index (χ3v) is 3.12. The molecule has 1 aliphatic rings. The standard InChI is InChI=1S/C12H16F2N2/c1-12(5-6-15-8-12)16-7-9-10(13)3-2-4-11(9)14/h2-4,15-16H,5-8H2,1H3. The van der Waals surface area contributed by atoms with Crippen LogP contribution in [0.1, 0.15) is 18.9 Å². The van der Waals surface area contributed by atoms with E-state index in [4.69, 9.17) is 0 Å². The minimum Gasteiger partial charge on any atom is -0.315 e. The molecule has 1 atom stereocenters. The maximum absolute atomic E-state index is 13.4. The number of hydrogen-bond donors (Lipinski definition) is 2. The third kappa shape index (κ3) is 2.39. The Labute approximate surface area is 94.0 Å². The van der Waals surface area contributed by atoms with Gasteiger partial charge in [-0.2, -0.15) is 0 Å². The van der Waals surface area contributed by atoms with Crippen molar-refractivity contribution in [2.45, 2.75) is 25.4 Å². The molecule has 2 nitrogen and oxygen atoms in total. The zero-order chi connectivity index (χ0) is 11.6. The molecule has 1 aromatic carbocycles. The molecule has 0 radical (unpaired) electrons. The van der Waals surface area contributed by atoms with Crippen LogP contribution in [0, 0.1) is 11.6 Å². The molecule has 0 aliphatic carbocycles. The zero-order valence-corrected chi connectivity index (χ0v) is 9.32. The maximum Gasteiger partial charge on any atom is 0.130 e. The Morgan fingerprint density at radius 3 is 2.62 bits per heavy atom. The molecule has 0 saturated carbocycles. The van der Waals surface area contributed by atoms with Crippen LogP contribution in [0.3, 0.4) is 0 Å². The van der Waals surface area contributed by atoms with Crippen LogP contribution in [0.15, 0.2) is 18.2 Å². The van der Waals surface area contributed by atoms with Crippen molar-refractivity contribution < 1.29 is 8.78 Å². The average molecular weight is 226 g/mol. The van der Waals surface area contributed by atoms with Gasteiger partial charge in [-0.15, -0.1) is 0 Å². The van der Waals surface area contributed by atoms with Crippen molar-refractivity contribution in [1.82, 2.24) is 10.6 Å². The molecule has 2 N–H and O–H groups in total. The van der Waals surface area contributed by atoms with Crippen LogP contribution in [-0.4, -0.2) is 18.6 Å². The number of nitrogens with one attached hydrogen (secondary N) is 2. The van der Waals surface area contributed by atoms with Crippen molar-refractivity contribution >= 4 is 0 Å². The van der Waals surface area contributed by atoms with Gasteiger partial charge in [-0.05, 0) is 32.0 Å². The Morgan fingerprint density at radius 2 is 2.06 bits per heavy atom. The molecule has 88 valence electrons. The average Bonchev–Trinajstić information content (AvgIpc) is 2.65. The van der Waals surface area contributed by atoms with E-state index in [2.05, 4.69) is 17.6 Å². The molecule has 4 heteroatoms. The van der Waals surface area contributed by atoms with Crippen LogP contribution in [0.25, 0.3) is 0 Å². The third-order valence-electron chi connectivity index (χ3n) is 3.12. The summed E-state index contributed by atoms with van der Waals surface area (Å²) >= 11 is 0. The zero-order valence-electron chi connectivity index (χ0n) is 9.32. The van der Waals surface area contributed by atoms with E-state index in [-0.39, 0.29) is 17.6 Å². The van der Waals surface area contributed by atoms with Gasteiger partial charge in [0.25, 0.3) is 0 Å². The summed E-state index contributed by atoms with van der Waals surface area (Å²) in [5, 5.41) is 6.44. The van der Waals surface area contributed by atoms with Crippen LogP contribution < -0.4 is 10.6 Å². The first-order valence-electron chi connectivity index (χ1n) is 5.49. The topological polar surface area (TPSA) is 24.1 Å². The highest BCUT2D eigenvalue weighted by Crippen LogP contribution is 2.17. The second-order valence-electron chi connectivity index (χ2n) is 4.54. The smallest absolute Gasteiger partial charge is 0.130 e. The van der Waals surface area contributed by atoms with E-state index < -0.39 is 11.6 Å². The Kier molecular flexibility index (Phi) is 3.21. The van der Waals surface area contributed by atoms with Crippen molar-refractivity contribution in [3.05, 3.63) is 35.4 Å². The van der Waals surface area contributed by atoms with Gasteiger partial charge in [0.1, 0.15) is 11.6 Å². The van der Waals surface area contributed by atoms with Crippen molar-refractivity contribution in [2.75, 3.05) is 13.1 Å². The largest absolute Gasteiger partial charge is 0.315 e.